The first-order valence-electron chi connectivity index (χ1n) is 7.63. The average Bonchev–Trinajstić information content (AvgIpc) is 3.15. The minimum atomic E-state index is -2.73. The van der Waals surface area contributed by atoms with Gasteiger partial charge in [-0.3, -0.25) is 14.3 Å². The van der Waals surface area contributed by atoms with Gasteiger partial charge in [0.25, 0.3) is 11.8 Å². The van der Waals surface area contributed by atoms with Crippen LogP contribution in [0.3, 0.4) is 0 Å². The Labute approximate surface area is 145 Å². The summed E-state index contributed by atoms with van der Waals surface area (Å²) in [6, 6.07) is 6.22. The SMILES string of the molecule is O=C(c1ccc(N[SH](=O)=O)cc1)N1CCN(C(=O)c2ncc[nH]2)CC1. The number of imidazole rings is 1. The Bertz CT molecular complexity index is 816. The Hall–Kier alpha value is -2.88. The topological polar surface area (TPSA) is 115 Å². The van der Waals surface area contributed by atoms with Gasteiger partial charge in [0.2, 0.25) is 10.9 Å². The zero-order valence-corrected chi connectivity index (χ0v) is 14.1. The summed E-state index contributed by atoms with van der Waals surface area (Å²) in [7, 11) is -2.73. The molecule has 0 aliphatic carbocycles. The molecule has 2 aromatic rings. The molecule has 9 nitrogen and oxygen atoms in total. The molecule has 2 amide bonds. The highest BCUT2D eigenvalue weighted by Crippen LogP contribution is 2.14. The molecule has 1 aromatic carbocycles. The summed E-state index contributed by atoms with van der Waals surface area (Å²) in [5.74, 6) is -0.0398. The van der Waals surface area contributed by atoms with E-state index in [1.165, 1.54) is 18.3 Å². The van der Waals surface area contributed by atoms with E-state index < -0.39 is 10.9 Å². The predicted octanol–water partition coefficient (Wildman–Crippen LogP) is -0.0538. The Morgan fingerprint density at radius 2 is 1.60 bits per heavy atom. The number of aromatic amines is 1. The van der Waals surface area contributed by atoms with Gasteiger partial charge in [-0.15, -0.1) is 0 Å². The molecule has 0 atom stereocenters. The molecular weight excluding hydrogens is 346 g/mol. The van der Waals surface area contributed by atoms with E-state index in [1.54, 1.807) is 28.1 Å². The van der Waals surface area contributed by atoms with E-state index in [9.17, 15) is 18.0 Å². The lowest BCUT2D eigenvalue weighted by Gasteiger charge is -2.34. The third kappa shape index (κ3) is 3.97. The van der Waals surface area contributed by atoms with Crippen LogP contribution in [0.5, 0.6) is 0 Å². The average molecular weight is 363 g/mol. The van der Waals surface area contributed by atoms with Crippen LogP contribution in [0.15, 0.2) is 36.7 Å². The summed E-state index contributed by atoms with van der Waals surface area (Å²) >= 11 is 0. The van der Waals surface area contributed by atoms with Gasteiger partial charge in [-0.2, -0.15) is 0 Å². The number of amides is 2. The lowest BCUT2D eigenvalue weighted by molar-refractivity contribution is 0.0529. The Morgan fingerprint density at radius 3 is 2.12 bits per heavy atom. The standard InChI is InChI=1S/C15H17N5O4S/c21-14(11-1-3-12(4-2-11)18-25(23)24)19-7-9-20(10-8-19)15(22)13-16-5-6-17-13/h1-6,25H,7-10H2,(H,16,17)(H,18,23,24). The van der Waals surface area contributed by atoms with E-state index in [1.807, 2.05) is 0 Å². The van der Waals surface area contributed by atoms with Crippen LogP contribution in [0.2, 0.25) is 0 Å². The molecule has 1 aromatic heterocycles. The van der Waals surface area contributed by atoms with E-state index in [-0.39, 0.29) is 11.8 Å². The van der Waals surface area contributed by atoms with Gasteiger partial charge < -0.3 is 14.8 Å². The highest BCUT2D eigenvalue weighted by atomic mass is 32.2. The fraction of sp³-hybridized carbons (Fsp3) is 0.267. The van der Waals surface area contributed by atoms with Crippen LogP contribution in [-0.2, 0) is 10.9 Å². The van der Waals surface area contributed by atoms with Crippen molar-refractivity contribution in [2.24, 2.45) is 0 Å². The second-order valence-corrected chi connectivity index (χ2v) is 6.21. The quantitative estimate of drug-likeness (QED) is 0.659. The highest BCUT2D eigenvalue weighted by molar-refractivity contribution is 7.73. The van der Waals surface area contributed by atoms with Crippen molar-refractivity contribution in [1.29, 1.82) is 0 Å². The summed E-state index contributed by atoms with van der Waals surface area (Å²) in [6.07, 6.45) is 3.11. The largest absolute Gasteiger partial charge is 0.341 e. The van der Waals surface area contributed by atoms with Crippen molar-refractivity contribution in [2.75, 3.05) is 30.9 Å². The number of hydrogen-bond acceptors (Lipinski definition) is 5. The zero-order chi connectivity index (χ0) is 17.8. The Morgan fingerprint density at radius 1 is 1.00 bits per heavy atom. The molecule has 0 radical (unpaired) electrons. The number of carbonyl (C=O) groups excluding carboxylic acids is 2. The lowest BCUT2D eigenvalue weighted by atomic mass is 10.1. The fourth-order valence-corrected chi connectivity index (χ4v) is 2.98. The molecule has 1 aliphatic rings. The van der Waals surface area contributed by atoms with Gasteiger partial charge in [0.05, 0.1) is 0 Å². The van der Waals surface area contributed by atoms with E-state index in [0.717, 1.165) is 0 Å². The lowest BCUT2D eigenvalue weighted by Crippen LogP contribution is -2.50. The van der Waals surface area contributed by atoms with Gasteiger partial charge in [0, 0.05) is 49.8 Å². The first-order chi connectivity index (χ1) is 12.0. The summed E-state index contributed by atoms with van der Waals surface area (Å²) in [4.78, 5) is 34.8. The third-order valence-corrected chi connectivity index (χ3v) is 4.35. The van der Waals surface area contributed by atoms with Crippen molar-refractivity contribution in [2.45, 2.75) is 0 Å². The molecule has 132 valence electrons. The second-order valence-electron chi connectivity index (χ2n) is 5.47. The molecule has 0 spiro atoms. The van der Waals surface area contributed by atoms with Crippen molar-refractivity contribution in [3.8, 4) is 0 Å². The number of rotatable bonds is 4. The molecule has 3 rings (SSSR count). The van der Waals surface area contributed by atoms with E-state index in [0.29, 0.717) is 43.3 Å². The number of H-pyrrole nitrogens is 1. The van der Waals surface area contributed by atoms with Crippen molar-refractivity contribution >= 4 is 28.4 Å². The van der Waals surface area contributed by atoms with Gasteiger partial charge in [0.15, 0.2) is 5.82 Å². The number of anilines is 1. The minimum Gasteiger partial charge on any atom is -0.341 e. The first kappa shape index (κ1) is 17.0. The summed E-state index contributed by atoms with van der Waals surface area (Å²) < 4.78 is 23.5. The second kappa shape index (κ2) is 7.34. The van der Waals surface area contributed by atoms with Gasteiger partial charge >= 0.3 is 0 Å². The Kier molecular flexibility index (Phi) is 4.98. The number of thiol groups is 1. The van der Waals surface area contributed by atoms with E-state index in [4.69, 9.17) is 0 Å². The normalized spacial score (nSPS) is 14.6. The monoisotopic (exact) mass is 363 g/mol. The number of nitrogens with one attached hydrogen (secondary N) is 2. The molecule has 25 heavy (non-hydrogen) atoms. The molecule has 1 aliphatic heterocycles. The first-order valence-corrected chi connectivity index (χ1v) is 8.81. The smallest absolute Gasteiger partial charge is 0.289 e. The molecule has 2 heterocycles. The van der Waals surface area contributed by atoms with Crippen LogP contribution in [0.25, 0.3) is 0 Å². The molecule has 0 unspecified atom stereocenters. The fourth-order valence-electron chi connectivity index (χ4n) is 2.62. The number of benzene rings is 1. The van der Waals surface area contributed by atoms with Gasteiger partial charge in [0.1, 0.15) is 0 Å². The highest BCUT2D eigenvalue weighted by Gasteiger charge is 2.26. The van der Waals surface area contributed by atoms with Crippen molar-refractivity contribution in [3.63, 3.8) is 0 Å². The van der Waals surface area contributed by atoms with Crippen LogP contribution >= 0.6 is 0 Å². The van der Waals surface area contributed by atoms with Gasteiger partial charge in [-0.25, -0.2) is 13.4 Å². The maximum atomic E-state index is 12.5. The maximum absolute atomic E-state index is 12.5. The minimum absolute atomic E-state index is 0.150. The number of carbonyl (C=O) groups is 2. The number of hydrogen-bond donors (Lipinski definition) is 3. The molecule has 0 bridgehead atoms. The van der Waals surface area contributed by atoms with E-state index >= 15 is 0 Å². The van der Waals surface area contributed by atoms with Crippen LogP contribution < -0.4 is 4.72 Å². The molecule has 10 heteroatoms. The zero-order valence-electron chi connectivity index (χ0n) is 13.2. The number of nitrogens with zero attached hydrogens (tertiary/aromatic N) is 3. The maximum Gasteiger partial charge on any atom is 0.289 e. The molecule has 1 saturated heterocycles. The summed E-state index contributed by atoms with van der Waals surface area (Å²) in [5.41, 5.74) is 0.874. The summed E-state index contributed by atoms with van der Waals surface area (Å²) in [5, 5.41) is 0. The number of piperazine rings is 1. The van der Waals surface area contributed by atoms with Gasteiger partial charge in [-0.1, -0.05) is 0 Å². The van der Waals surface area contributed by atoms with Crippen LogP contribution in [-0.4, -0.2) is 66.2 Å². The molecule has 2 N–H and O–H groups in total. The van der Waals surface area contributed by atoms with Crippen LogP contribution in [0.1, 0.15) is 21.0 Å². The van der Waals surface area contributed by atoms with Crippen molar-refractivity contribution in [3.05, 3.63) is 48.0 Å². The van der Waals surface area contributed by atoms with Crippen LogP contribution in [0.4, 0.5) is 5.69 Å². The van der Waals surface area contributed by atoms with Crippen molar-refractivity contribution in [1.82, 2.24) is 19.8 Å². The van der Waals surface area contributed by atoms with E-state index in [2.05, 4.69) is 14.7 Å². The van der Waals surface area contributed by atoms with Crippen LogP contribution in [0, 0.1) is 0 Å². The van der Waals surface area contributed by atoms with Crippen molar-refractivity contribution < 1.29 is 18.0 Å². The summed E-state index contributed by atoms with van der Waals surface area (Å²) in [6.45, 7) is 1.72. The number of aromatic nitrogens is 2. The third-order valence-electron chi connectivity index (χ3n) is 3.91. The molecule has 1 fully saturated rings. The Balaban J connectivity index is 1.59. The predicted molar refractivity (Wildman–Crippen MR) is 90.8 cm³/mol. The molecular formula is C15H17N5O4S. The van der Waals surface area contributed by atoms with Gasteiger partial charge in [-0.05, 0) is 24.3 Å². The molecule has 0 saturated carbocycles.